The van der Waals surface area contributed by atoms with Crippen LogP contribution in [0, 0.1) is 0 Å². The molecule has 29 heavy (non-hydrogen) atoms. The Morgan fingerprint density at radius 3 is 2.72 bits per heavy atom. The van der Waals surface area contributed by atoms with Gasteiger partial charge in [0, 0.05) is 18.3 Å². The summed E-state index contributed by atoms with van der Waals surface area (Å²) in [6.07, 6.45) is 3.18. The summed E-state index contributed by atoms with van der Waals surface area (Å²) in [5, 5.41) is 13.4. The number of pyridine rings is 2. The van der Waals surface area contributed by atoms with Crippen molar-refractivity contribution in [1.82, 2.24) is 24.6 Å². The van der Waals surface area contributed by atoms with Crippen molar-refractivity contribution in [2.24, 2.45) is 0 Å². The van der Waals surface area contributed by atoms with Crippen LogP contribution in [0.5, 0.6) is 0 Å². The second-order valence-electron chi connectivity index (χ2n) is 6.92. The smallest absolute Gasteiger partial charge is 0.384 e. The molecule has 0 unspecified atom stereocenters. The van der Waals surface area contributed by atoms with Crippen LogP contribution < -0.4 is 11.0 Å². The molecule has 0 saturated heterocycles. The van der Waals surface area contributed by atoms with Crippen molar-refractivity contribution >= 4 is 22.5 Å². The second kappa shape index (κ2) is 7.69. The van der Waals surface area contributed by atoms with E-state index in [-0.39, 0.29) is 5.65 Å². The quantitative estimate of drug-likeness (QED) is 0.508. The molecule has 4 rings (SSSR count). The number of benzene rings is 1. The molecule has 0 amide bonds. The molecule has 0 aliphatic rings. The van der Waals surface area contributed by atoms with Crippen molar-refractivity contribution in [3.05, 3.63) is 77.0 Å². The number of hydrogen-bond acceptors (Lipinski definition) is 7. The maximum atomic E-state index is 11.9. The Bertz CT molecular complexity index is 1220. The monoisotopic (exact) mass is 388 g/mol. The van der Waals surface area contributed by atoms with E-state index in [0.717, 1.165) is 17.8 Å². The molecule has 4 aromatic rings. The third-order valence-corrected chi connectivity index (χ3v) is 4.38. The number of nitrogens with one attached hydrogen (secondary N) is 1. The van der Waals surface area contributed by atoms with E-state index in [2.05, 4.69) is 37.3 Å². The summed E-state index contributed by atoms with van der Waals surface area (Å²) < 4.78 is 0.433. The molecule has 0 aliphatic carbocycles. The lowest BCUT2D eigenvalue weighted by atomic mass is 10.1. The van der Waals surface area contributed by atoms with E-state index >= 15 is 0 Å². The summed E-state index contributed by atoms with van der Waals surface area (Å²) >= 11 is 0. The average Bonchev–Trinajstić information content (AvgIpc) is 2.72. The van der Waals surface area contributed by atoms with E-state index in [0.29, 0.717) is 21.6 Å². The zero-order chi connectivity index (χ0) is 20.4. The first-order valence-electron chi connectivity index (χ1n) is 9.05. The summed E-state index contributed by atoms with van der Waals surface area (Å²) in [5.41, 5.74) is 3.10. The van der Waals surface area contributed by atoms with Gasteiger partial charge in [-0.3, -0.25) is 4.98 Å². The molecule has 0 spiro atoms. The van der Waals surface area contributed by atoms with Crippen LogP contribution in [0.15, 0.2) is 65.7 Å². The molecule has 8 nitrogen and oxygen atoms in total. The van der Waals surface area contributed by atoms with Gasteiger partial charge in [-0.1, -0.05) is 18.2 Å². The standard InChI is InChI=1S/C21H20N6O2/c1-26(2)13-14-5-3-6-15(11-14)18-9-8-16(12-23-18)24-19-17-7-4-10-22-20(17)27(29)21(28)25-19/h3-12,29H,13H2,1-2H3,(H,24,25,28). The Morgan fingerprint density at radius 1 is 1.10 bits per heavy atom. The Kier molecular flexibility index (Phi) is 4.92. The van der Waals surface area contributed by atoms with Gasteiger partial charge in [-0.2, -0.15) is 4.98 Å². The van der Waals surface area contributed by atoms with Crippen molar-refractivity contribution in [3.8, 4) is 11.3 Å². The first-order chi connectivity index (χ1) is 14.0. The van der Waals surface area contributed by atoms with Crippen molar-refractivity contribution in [2.75, 3.05) is 19.4 Å². The van der Waals surface area contributed by atoms with Gasteiger partial charge in [0.1, 0.15) is 5.82 Å². The number of fused-ring (bicyclic) bond motifs is 1. The highest BCUT2D eigenvalue weighted by molar-refractivity contribution is 5.88. The third-order valence-electron chi connectivity index (χ3n) is 4.38. The Labute approximate surface area is 167 Å². The molecule has 2 N–H and O–H groups in total. The molecular formula is C21H20N6O2. The predicted molar refractivity (Wildman–Crippen MR) is 111 cm³/mol. The van der Waals surface area contributed by atoms with Gasteiger partial charge in [0.25, 0.3) is 0 Å². The Balaban J connectivity index is 1.62. The zero-order valence-corrected chi connectivity index (χ0v) is 16.1. The Hall–Kier alpha value is -3.78. The highest BCUT2D eigenvalue weighted by Crippen LogP contribution is 2.24. The summed E-state index contributed by atoms with van der Waals surface area (Å²) in [6.45, 7) is 0.858. The lowest BCUT2D eigenvalue weighted by Gasteiger charge is -2.11. The van der Waals surface area contributed by atoms with Crippen molar-refractivity contribution in [1.29, 1.82) is 0 Å². The fourth-order valence-electron chi connectivity index (χ4n) is 3.11. The van der Waals surface area contributed by atoms with Gasteiger partial charge < -0.3 is 15.4 Å². The number of hydrogen-bond donors (Lipinski definition) is 2. The Morgan fingerprint density at radius 2 is 1.97 bits per heavy atom. The molecule has 0 bridgehead atoms. The van der Waals surface area contributed by atoms with E-state index in [1.807, 2.05) is 38.4 Å². The van der Waals surface area contributed by atoms with E-state index in [1.54, 1.807) is 18.3 Å². The zero-order valence-electron chi connectivity index (χ0n) is 16.1. The number of aromatic nitrogens is 4. The molecule has 0 radical (unpaired) electrons. The maximum Gasteiger partial charge on any atom is 0.384 e. The van der Waals surface area contributed by atoms with Gasteiger partial charge in [-0.15, -0.1) is 4.73 Å². The largest absolute Gasteiger partial charge is 0.422 e. The molecule has 3 aromatic heterocycles. The van der Waals surface area contributed by atoms with Crippen molar-refractivity contribution in [3.63, 3.8) is 0 Å². The highest BCUT2D eigenvalue weighted by Gasteiger charge is 2.11. The van der Waals surface area contributed by atoms with Crippen LogP contribution in [0.25, 0.3) is 22.3 Å². The van der Waals surface area contributed by atoms with E-state index in [1.165, 1.54) is 11.8 Å². The molecule has 8 heteroatoms. The summed E-state index contributed by atoms with van der Waals surface area (Å²) in [4.78, 5) is 26.5. The average molecular weight is 388 g/mol. The molecular weight excluding hydrogens is 368 g/mol. The maximum absolute atomic E-state index is 11.9. The van der Waals surface area contributed by atoms with Gasteiger partial charge in [0.05, 0.1) is 23.0 Å². The van der Waals surface area contributed by atoms with Gasteiger partial charge in [0.15, 0.2) is 5.65 Å². The third kappa shape index (κ3) is 3.92. The number of nitrogens with zero attached hydrogens (tertiary/aromatic N) is 5. The van der Waals surface area contributed by atoms with Crippen LogP contribution in [-0.4, -0.2) is 43.9 Å². The fraction of sp³-hybridized carbons (Fsp3) is 0.143. The van der Waals surface area contributed by atoms with Crippen LogP contribution in [0.1, 0.15) is 5.56 Å². The summed E-state index contributed by atoms with van der Waals surface area (Å²) in [7, 11) is 4.07. The highest BCUT2D eigenvalue weighted by atomic mass is 16.5. The molecule has 0 saturated carbocycles. The molecule has 146 valence electrons. The number of rotatable bonds is 5. The minimum Gasteiger partial charge on any atom is -0.422 e. The molecule has 1 aromatic carbocycles. The first kappa shape index (κ1) is 18.6. The van der Waals surface area contributed by atoms with Gasteiger partial charge >= 0.3 is 5.69 Å². The molecule has 3 heterocycles. The van der Waals surface area contributed by atoms with Gasteiger partial charge in [0.2, 0.25) is 0 Å². The van der Waals surface area contributed by atoms with E-state index < -0.39 is 5.69 Å². The van der Waals surface area contributed by atoms with E-state index in [9.17, 15) is 10.0 Å². The summed E-state index contributed by atoms with van der Waals surface area (Å²) in [5.74, 6) is 0.311. The van der Waals surface area contributed by atoms with Crippen LogP contribution in [0.2, 0.25) is 0 Å². The van der Waals surface area contributed by atoms with Crippen LogP contribution >= 0.6 is 0 Å². The number of anilines is 2. The van der Waals surface area contributed by atoms with Crippen LogP contribution in [0.4, 0.5) is 11.5 Å². The van der Waals surface area contributed by atoms with Gasteiger partial charge in [-0.05, 0) is 50.0 Å². The normalized spacial score (nSPS) is 11.1. The fourth-order valence-corrected chi connectivity index (χ4v) is 3.11. The topological polar surface area (TPSA) is 96.2 Å². The van der Waals surface area contributed by atoms with Crippen molar-refractivity contribution in [2.45, 2.75) is 6.54 Å². The molecule has 0 atom stereocenters. The minimum atomic E-state index is -0.805. The second-order valence-corrected chi connectivity index (χ2v) is 6.92. The molecule has 0 fully saturated rings. The molecule has 0 aliphatic heterocycles. The lowest BCUT2D eigenvalue weighted by molar-refractivity contribution is 0.182. The first-order valence-corrected chi connectivity index (χ1v) is 9.05. The van der Waals surface area contributed by atoms with E-state index in [4.69, 9.17) is 0 Å². The minimum absolute atomic E-state index is 0.136. The SMILES string of the molecule is CN(C)Cc1cccc(-c2ccc(Nc3nc(=O)n(O)c4ncccc34)cn2)c1. The van der Waals surface area contributed by atoms with Crippen LogP contribution in [0.3, 0.4) is 0 Å². The lowest BCUT2D eigenvalue weighted by Crippen LogP contribution is -2.23. The van der Waals surface area contributed by atoms with Gasteiger partial charge in [-0.25, -0.2) is 9.78 Å². The van der Waals surface area contributed by atoms with Crippen molar-refractivity contribution < 1.29 is 5.21 Å². The van der Waals surface area contributed by atoms with Crippen LogP contribution in [-0.2, 0) is 6.54 Å². The predicted octanol–water partition coefficient (Wildman–Crippen LogP) is 2.90. The summed E-state index contributed by atoms with van der Waals surface area (Å²) in [6, 6.07) is 15.5.